The average molecular weight is 232 g/mol. The second-order valence-electron chi connectivity index (χ2n) is 3.86. The van der Waals surface area contributed by atoms with E-state index in [0.29, 0.717) is 12.4 Å². The van der Waals surface area contributed by atoms with Gasteiger partial charge in [-0.15, -0.1) is 0 Å². The third kappa shape index (κ3) is 3.03. The molecule has 0 aliphatic heterocycles. The van der Waals surface area contributed by atoms with Crippen molar-refractivity contribution in [1.29, 1.82) is 0 Å². The fraction of sp³-hybridized carbons (Fsp3) is 0.417. The third-order valence-electron chi connectivity index (χ3n) is 2.34. The monoisotopic (exact) mass is 232 g/mol. The van der Waals surface area contributed by atoms with Gasteiger partial charge in [-0.05, 0) is 20.3 Å². The topological polar surface area (TPSA) is 63.8 Å². The minimum absolute atomic E-state index is 0.535. The van der Waals surface area contributed by atoms with Crippen molar-refractivity contribution in [3.63, 3.8) is 0 Å². The Bertz CT molecular complexity index is 507. The van der Waals surface area contributed by atoms with Crippen LogP contribution in [0.15, 0.2) is 16.7 Å². The smallest absolute Gasteiger partial charge is 0.213 e. The molecule has 0 amide bonds. The summed E-state index contributed by atoms with van der Waals surface area (Å²) in [5.41, 5.74) is 1.03. The summed E-state index contributed by atoms with van der Waals surface area (Å²) in [6.07, 6.45) is 2.61. The van der Waals surface area contributed by atoms with E-state index in [1.165, 1.54) is 0 Å². The molecule has 90 valence electrons. The van der Waals surface area contributed by atoms with Gasteiger partial charge in [0, 0.05) is 11.8 Å². The fourth-order valence-electron chi connectivity index (χ4n) is 1.55. The van der Waals surface area contributed by atoms with Crippen LogP contribution in [0.3, 0.4) is 0 Å². The van der Waals surface area contributed by atoms with E-state index in [9.17, 15) is 0 Å². The Labute approximate surface area is 100 Å². The molecule has 0 bridgehead atoms. The summed E-state index contributed by atoms with van der Waals surface area (Å²) in [4.78, 5) is 12.8. The molecule has 0 saturated carbocycles. The minimum atomic E-state index is 0.535. The molecule has 0 unspecified atom stereocenters. The van der Waals surface area contributed by atoms with Gasteiger partial charge in [0.2, 0.25) is 5.89 Å². The lowest BCUT2D eigenvalue weighted by Crippen LogP contribution is -2.04. The molecule has 5 heteroatoms. The molecule has 2 heterocycles. The van der Waals surface area contributed by atoms with Gasteiger partial charge in [-0.2, -0.15) is 0 Å². The summed E-state index contributed by atoms with van der Waals surface area (Å²) < 4.78 is 5.38. The fourth-order valence-corrected chi connectivity index (χ4v) is 1.55. The number of nitrogens with zero attached hydrogens (tertiary/aromatic N) is 3. The molecule has 0 saturated heterocycles. The second-order valence-corrected chi connectivity index (χ2v) is 3.86. The van der Waals surface area contributed by atoms with Crippen molar-refractivity contribution in [2.75, 3.05) is 5.32 Å². The van der Waals surface area contributed by atoms with Crippen LogP contribution in [0.1, 0.15) is 30.1 Å². The number of nitrogens with one attached hydrogen (secondary N) is 1. The van der Waals surface area contributed by atoms with Gasteiger partial charge in [-0.25, -0.2) is 15.0 Å². The Hall–Kier alpha value is -1.91. The molecule has 0 aliphatic carbocycles. The molecule has 2 aromatic rings. The van der Waals surface area contributed by atoms with Gasteiger partial charge in [-0.1, -0.05) is 6.92 Å². The highest BCUT2D eigenvalue weighted by molar-refractivity contribution is 5.36. The summed E-state index contributed by atoms with van der Waals surface area (Å²) >= 11 is 0. The molecule has 17 heavy (non-hydrogen) atoms. The first-order chi connectivity index (χ1) is 8.17. The molecule has 0 fully saturated rings. The zero-order chi connectivity index (χ0) is 12.3. The van der Waals surface area contributed by atoms with Gasteiger partial charge in [0.1, 0.15) is 17.4 Å². The van der Waals surface area contributed by atoms with Crippen LogP contribution in [0.25, 0.3) is 0 Å². The molecule has 2 rings (SSSR count). The minimum Gasteiger partial charge on any atom is -0.444 e. The van der Waals surface area contributed by atoms with E-state index in [0.717, 1.165) is 29.5 Å². The van der Waals surface area contributed by atoms with E-state index in [1.807, 2.05) is 19.9 Å². The van der Waals surface area contributed by atoms with Gasteiger partial charge in [0.05, 0.1) is 12.7 Å². The number of aryl methyl sites for hydroxylation is 3. The molecule has 0 radical (unpaired) electrons. The average Bonchev–Trinajstić information content (AvgIpc) is 2.72. The molecule has 0 aliphatic rings. The first kappa shape index (κ1) is 11.6. The van der Waals surface area contributed by atoms with E-state index >= 15 is 0 Å². The number of aromatic nitrogens is 3. The maximum Gasteiger partial charge on any atom is 0.213 e. The first-order valence-corrected chi connectivity index (χ1v) is 5.67. The van der Waals surface area contributed by atoms with Crippen LogP contribution in [0.4, 0.5) is 5.82 Å². The van der Waals surface area contributed by atoms with Gasteiger partial charge in [0.15, 0.2) is 0 Å². The standard InChI is InChI=1S/C12H16N4O/c1-4-10-5-11(16-9(3)15-10)13-7-12-14-6-8(2)17-12/h5-6H,4,7H2,1-3H3,(H,13,15,16). The molecule has 2 aromatic heterocycles. The van der Waals surface area contributed by atoms with E-state index in [4.69, 9.17) is 4.42 Å². The second kappa shape index (κ2) is 4.95. The number of hydrogen-bond donors (Lipinski definition) is 1. The van der Waals surface area contributed by atoms with Crippen LogP contribution >= 0.6 is 0 Å². The predicted octanol–water partition coefficient (Wildman–Crippen LogP) is 2.26. The molecular formula is C12H16N4O. The Morgan fingerprint density at radius 2 is 2.12 bits per heavy atom. The van der Waals surface area contributed by atoms with Crippen LogP contribution in [0.5, 0.6) is 0 Å². The summed E-state index contributed by atoms with van der Waals surface area (Å²) in [6.45, 7) is 6.37. The Balaban J connectivity index is 2.05. The molecule has 0 spiro atoms. The van der Waals surface area contributed by atoms with Gasteiger partial charge < -0.3 is 9.73 Å². The zero-order valence-electron chi connectivity index (χ0n) is 10.3. The van der Waals surface area contributed by atoms with Crippen molar-refractivity contribution < 1.29 is 4.42 Å². The van der Waals surface area contributed by atoms with Crippen LogP contribution in [0, 0.1) is 13.8 Å². The summed E-state index contributed by atoms with van der Waals surface area (Å²) in [5.74, 6) is 3.06. The molecular weight excluding hydrogens is 216 g/mol. The quantitative estimate of drug-likeness (QED) is 0.876. The maximum absolute atomic E-state index is 5.38. The lowest BCUT2D eigenvalue weighted by molar-refractivity contribution is 0.478. The molecule has 0 aromatic carbocycles. The first-order valence-electron chi connectivity index (χ1n) is 5.67. The summed E-state index contributed by atoms with van der Waals surface area (Å²) in [5, 5.41) is 3.18. The zero-order valence-corrected chi connectivity index (χ0v) is 10.3. The van der Waals surface area contributed by atoms with Crippen LogP contribution in [0.2, 0.25) is 0 Å². The lowest BCUT2D eigenvalue weighted by atomic mass is 10.3. The van der Waals surface area contributed by atoms with Crippen molar-refractivity contribution in [3.05, 3.63) is 35.4 Å². The van der Waals surface area contributed by atoms with Crippen LogP contribution in [-0.2, 0) is 13.0 Å². The van der Waals surface area contributed by atoms with E-state index in [2.05, 4.69) is 27.2 Å². The molecule has 1 N–H and O–H groups in total. The Kier molecular flexibility index (Phi) is 3.37. The van der Waals surface area contributed by atoms with Crippen molar-refractivity contribution in [2.45, 2.75) is 33.7 Å². The summed E-state index contributed by atoms with van der Waals surface area (Å²) in [6, 6.07) is 1.95. The molecule has 5 nitrogen and oxygen atoms in total. The number of anilines is 1. The van der Waals surface area contributed by atoms with Gasteiger partial charge in [-0.3, -0.25) is 0 Å². The predicted molar refractivity (Wildman–Crippen MR) is 64.7 cm³/mol. The lowest BCUT2D eigenvalue weighted by Gasteiger charge is -2.05. The molecule has 0 atom stereocenters. The van der Waals surface area contributed by atoms with Crippen molar-refractivity contribution in [1.82, 2.24) is 15.0 Å². The van der Waals surface area contributed by atoms with Crippen molar-refractivity contribution in [3.8, 4) is 0 Å². The number of hydrogen-bond acceptors (Lipinski definition) is 5. The third-order valence-corrected chi connectivity index (χ3v) is 2.34. The van der Waals surface area contributed by atoms with Crippen molar-refractivity contribution >= 4 is 5.82 Å². The van der Waals surface area contributed by atoms with Gasteiger partial charge >= 0.3 is 0 Å². The Morgan fingerprint density at radius 1 is 1.29 bits per heavy atom. The van der Waals surface area contributed by atoms with Crippen LogP contribution in [-0.4, -0.2) is 15.0 Å². The van der Waals surface area contributed by atoms with E-state index < -0.39 is 0 Å². The highest BCUT2D eigenvalue weighted by Gasteiger charge is 2.03. The number of rotatable bonds is 4. The van der Waals surface area contributed by atoms with E-state index in [1.54, 1.807) is 6.20 Å². The Morgan fingerprint density at radius 3 is 2.76 bits per heavy atom. The highest BCUT2D eigenvalue weighted by Crippen LogP contribution is 2.09. The van der Waals surface area contributed by atoms with Gasteiger partial charge in [0.25, 0.3) is 0 Å². The SMILES string of the molecule is CCc1cc(NCc2ncc(C)o2)nc(C)n1. The maximum atomic E-state index is 5.38. The van der Waals surface area contributed by atoms with Crippen LogP contribution < -0.4 is 5.32 Å². The number of oxazole rings is 1. The van der Waals surface area contributed by atoms with Crippen molar-refractivity contribution in [2.24, 2.45) is 0 Å². The summed E-state index contributed by atoms with van der Waals surface area (Å²) in [7, 11) is 0. The highest BCUT2D eigenvalue weighted by atomic mass is 16.4. The normalized spacial score (nSPS) is 10.5. The van der Waals surface area contributed by atoms with E-state index in [-0.39, 0.29) is 0 Å². The largest absolute Gasteiger partial charge is 0.444 e.